The van der Waals surface area contributed by atoms with E-state index in [-0.39, 0.29) is 5.69 Å². The lowest BCUT2D eigenvalue weighted by atomic mass is 10.2. The highest BCUT2D eigenvalue weighted by atomic mass is 32.2. The molecule has 0 aromatic carbocycles. The molecule has 2 aromatic heterocycles. The van der Waals surface area contributed by atoms with Crippen LogP contribution in [0.25, 0.3) is 11.5 Å². The van der Waals surface area contributed by atoms with Crippen LogP contribution in [-0.4, -0.2) is 40.2 Å². The van der Waals surface area contributed by atoms with Gasteiger partial charge in [0.1, 0.15) is 6.04 Å². The number of thioether (sulfide) groups is 1. The van der Waals surface area contributed by atoms with Gasteiger partial charge >= 0.3 is 5.97 Å². The number of furan rings is 1. The zero-order chi connectivity index (χ0) is 15.2. The van der Waals surface area contributed by atoms with E-state index in [9.17, 15) is 9.59 Å². The van der Waals surface area contributed by atoms with Crippen LogP contribution in [0.15, 0.2) is 33.4 Å². The molecule has 2 rings (SSSR count). The number of carboxylic acid groups (broad SMARTS) is 1. The molecule has 7 nitrogen and oxygen atoms in total. The molecule has 112 valence electrons. The zero-order valence-corrected chi connectivity index (χ0v) is 12.1. The Morgan fingerprint density at radius 3 is 2.90 bits per heavy atom. The third-order valence-electron chi connectivity index (χ3n) is 2.72. The van der Waals surface area contributed by atoms with Crippen molar-refractivity contribution in [3.05, 3.63) is 30.2 Å². The van der Waals surface area contributed by atoms with Crippen LogP contribution in [0.2, 0.25) is 0 Å². The van der Waals surface area contributed by atoms with Crippen molar-refractivity contribution in [1.29, 1.82) is 0 Å². The molecule has 21 heavy (non-hydrogen) atoms. The van der Waals surface area contributed by atoms with Crippen LogP contribution in [0, 0.1) is 0 Å². The number of nitrogens with zero attached hydrogens (tertiary/aromatic N) is 1. The second-order valence-corrected chi connectivity index (χ2v) is 5.19. The molecule has 0 radical (unpaired) electrons. The highest BCUT2D eigenvalue weighted by molar-refractivity contribution is 7.98. The summed E-state index contributed by atoms with van der Waals surface area (Å²) in [6.07, 6.45) is 3.68. The molecule has 0 aliphatic rings. The van der Waals surface area contributed by atoms with Crippen LogP contribution < -0.4 is 5.32 Å². The van der Waals surface area contributed by atoms with Crippen molar-refractivity contribution >= 4 is 23.6 Å². The van der Waals surface area contributed by atoms with Gasteiger partial charge in [-0.25, -0.2) is 4.79 Å². The predicted molar refractivity (Wildman–Crippen MR) is 76.1 cm³/mol. The van der Waals surface area contributed by atoms with Gasteiger partial charge in [-0.15, -0.1) is 0 Å². The predicted octanol–water partition coefficient (Wildman–Crippen LogP) is 1.87. The molecule has 2 aromatic rings. The number of hydrogen-bond acceptors (Lipinski definition) is 6. The quantitative estimate of drug-likeness (QED) is 0.804. The van der Waals surface area contributed by atoms with Gasteiger partial charge < -0.3 is 19.4 Å². The molecule has 0 saturated carbocycles. The largest absolute Gasteiger partial charge is 0.480 e. The van der Waals surface area contributed by atoms with Gasteiger partial charge in [-0.2, -0.15) is 11.8 Å². The van der Waals surface area contributed by atoms with Gasteiger partial charge in [-0.1, -0.05) is 5.16 Å². The first-order chi connectivity index (χ1) is 10.1. The number of nitrogens with one attached hydrogen (secondary N) is 1. The first-order valence-electron chi connectivity index (χ1n) is 6.15. The highest BCUT2D eigenvalue weighted by Crippen LogP contribution is 2.20. The van der Waals surface area contributed by atoms with E-state index < -0.39 is 17.9 Å². The minimum absolute atomic E-state index is 0.0109. The topological polar surface area (TPSA) is 106 Å². The molecule has 0 aliphatic carbocycles. The molecule has 8 heteroatoms. The first kappa shape index (κ1) is 15.2. The molecule has 0 fully saturated rings. The summed E-state index contributed by atoms with van der Waals surface area (Å²) in [7, 11) is 0. The molecular weight excluding hydrogens is 296 g/mol. The fraction of sp³-hybridized carbons (Fsp3) is 0.308. The summed E-state index contributed by atoms with van der Waals surface area (Å²) in [4.78, 5) is 23.1. The number of amides is 1. The van der Waals surface area contributed by atoms with E-state index in [1.54, 1.807) is 12.1 Å². The number of aromatic nitrogens is 1. The molecule has 2 heterocycles. The summed E-state index contributed by atoms with van der Waals surface area (Å²) in [5, 5.41) is 15.1. The summed E-state index contributed by atoms with van der Waals surface area (Å²) >= 11 is 1.51. The van der Waals surface area contributed by atoms with Crippen LogP contribution in [0.5, 0.6) is 0 Å². The van der Waals surface area contributed by atoms with Crippen LogP contribution in [0.3, 0.4) is 0 Å². The minimum atomic E-state index is -1.08. The minimum Gasteiger partial charge on any atom is -0.480 e. The molecule has 1 amide bonds. The maximum Gasteiger partial charge on any atom is 0.326 e. The summed E-state index contributed by atoms with van der Waals surface area (Å²) in [6.45, 7) is 0. The second kappa shape index (κ2) is 6.98. The second-order valence-electron chi connectivity index (χ2n) is 4.20. The van der Waals surface area contributed by atoms with E-state index in [4.69, 9.17) is 14.0 Å². The van der Waals surface area contributed by atoms with Gasteiger partial charge in [-0.3, -0.25) is 4.79 Å². The lowest BCUT2D eigenvalue weighted by Gasteiger charge is -2.12. The third-order valence-corrected chi connectivity index (χ3v) is 3.36. The Balaban J connectivity index is 2.04. The van der Waals surface area contributed by atoms with Crippen LogP contribution in [-0.2, 0) is 4.79 Å². The third kappa shape index (κ3) is 3.88. The lowest BCUT2D eigenvalue weighted by molar-refractivity contribution is -0.139. The number of aliphatic carboxylic acids is 1. The Bertz CT molecular complexity index is 608. The number of carbonyl (C=O) groups excluding carboxylic acids is 1. The maximum absolute atomic E-state index is 12.0. The van der Waals surface area contributed by atoms with Crippen molar-refractivity contribution in [3.63, 3.8) is 0 Å². The standard InChI is InChI=1S/C13H14N2O5S/c1-21-6-4-8(13(17)18)14-12(16)9-7-11(20-15-9)10-3-2-5-19-10/h2-3,5,7-8H,4,6H2,1H3,(H,14,16)(H,17,18)/t8-/m0/s1. The van der Waals surface area contributed by atoms with Crippen molar-refractivity contribution < 1.29 is 23.6 Å². The van der Waals surface area contributed by atoms with Gasteiger partial charge in [0.05, 0.1) is 6.26 Å². The molecule has 2 N–H and O–H groups in total. The normalized spacial score (nSPS) is 12.0. The number of rotatable bonds is 7. The van der Waals surface area contributed by atoms with Gasteiger partial charge in [0.25, 0.3) is 5.91 Å². The van der Waals surface area contributed by atoms with Crippen molar-refractivity contribution in [1.82, 2.24) is 10.5 Å². The Morgan fingerprint density at radius 1 is 1.48 bits per heavy atom. The van der Waals surface area contributed by atoms with E-state index in [1.165, 1.54) is 24.1 Å². The average molecular weight is 310 g/mol. The monoisotopic (exact) mass is 310 g/mol. The van der Waals surface area contributed by atoms with Gasteiger partial charge in [0, 0.05) is 6.07 Å². The Morgan fingerprint density at radius 2 is 2.29 bits per heavy atom. The molecular formula is C13H14N2O5S. The number of carboxylic acids is 1. The Labute approximate surface area is 124 Å². The van der Waals surface area contributed by atoms with Crippen LogP contribution in [0.1, 0.15) is 16.9 Å². The van der Waals surface area contributed by atoms with Crippen LogP contribution in [0.4, 0.5) is 0 Å². The first-order valence-corrected chi connectivity index (χ1v) is 7.54. The fourth-order valence-electron chi connectivity index (χ4n) is 1.64. The summed E-state index contributed by atoms with van der Waals surface area (Å²) in [6, 6.07) is 3.80. The van der Waals surface area contributed by atoms with E-state index >= 15 is 0 Å². The van der Waals surface area contributed by atoms with Gasteiger partial charge in [0.15, 0.2) is 11.5 Å². The van der Waals surface area contributed by atoms with Crippen molar-refractivity contribution in [3.8, 4) is 11.5 Å². The van der Waals surface area contributed by atoms with Crippen LogP contribution >= 0.6 is 11.8 Å². The lowest BCUT2D eigenvalue weighted by Crippen LogP contribution is -2.41. The summed E-state index contributed by atoms with van der Waals surface area (Å²) in [5.41, 5.74) is 0.0109. The maximum atomic E-state index is 12.0. The van der Waals surface area contributed by atoms with Gasteiger partial charge in [-0.05, 0) is 30.6 Å². The SMILES string of the molecule is CSCC[C@H](NC(=O)c1cc(-c2ccco2)on1)C(=O)O. The van der Waals surface area contributed by atoms with Gasteiger partial charge in [0.2, 0.25) is 5.76 Å². The Hall–Kier alpha value is -2.22. The molecule has 0 saturated heterocycles. The van der Waals surface area contributed by atoms with E-state index in [2.05, 4.69) is 10.5 Å². The fourth-order valence-corrected chi connectivity index (χ4v) is 2.11. The van der Waals surface area contributed by atoms with E-state index in [0.29, 0.717) is 23.7 Å². The summed E-state index contributed by atoms with van der Waals surface area (Å²) in [5.74, 6) is -0.287. The molecule has 0 bridgehead atoms. The van der Waals surface area contributed by atoms with Crippen molar-refractivity contribution in [2.24, 2.45) is 0 Å². The Kier molecular flexibility index (Phi) is 5.04. The molecule has 0 spiro atoms. The summed E-state index contributed by atoms with van der Waals surface area (Å²) < 4.78 is 10.1. The van der Waals surface area contributed by atoms with E-state index in [0.717, 1.165) is 0 Å². The van der Waals surface area contributed by atoms with E-state index in [1.807, 2.05) is 6.26 Å². The number of carbonyl (C=O) groups is 2. The molecule has 0 unspecified atom stereocenters. The zero-order valence-electron chi connectivity index (χ0n) is 11.2. The smallest absolute Gasteiger partial charge is 0.326 e. The molecule has 1 atom stereocenters. The van der Waals surface area contributed by atoms with Crippen molar-refractivity contribution in [2.45, 2.75) is 12.5 Å². The number of hydrogen-bond donors (Lipinski definition) is 2. The highest BCUT2D eigenvalue weighted by Gasteiger charge is 2.22. The van der Waals surface area contributed by atoms with Crippen molar-refractivity contribution in [2.75, 3.05) is 12.0 Å². The molecule has 0 aliphatic heterocycles. The average Bonchev–Trinajstić information content (AvgIpc) is 3.12.